The minimum Gasteiger partial charge on any atom is -0.492 e. The fourth-order valence-electron chi connectivity index (χ4n) is 2.87. The second-order valence-corrected chi connectivity index (χ2v) is 5.86. The Balaban J connectivity index is 1.71. The molecule has 1 aliphatic rings. The van der Waals surface area contributed by atoms with Crippen molar-refractivity contribution >= 4 is 0 Å². The maximum atomic E-state index is 9.99. The molecule has 1 aliphatic carbocycles. The van der Waals surface area contributed by atoms with E-state index >= 15 is 0 Å². The molecule has 4 nitrogen and oxygen atoms in total. The highest BCUT2D eigenvalue weighted by Crippen LogP contribution is 2.24. The Kier molecular flexibility index (Phi) is 6.04. The molecule has 0 amide bonds. The van der Waals surface area contributed by atoms with Crippen LogP contribution in [-0.2, 0) is 0 Å². The number of nitrogens with zero attached hydrogens (tertiary/aromatic N) is 2. The van der Waals surface area contributed by atoms with Crippen molar-refractivity contribution in [1.29, 1.82) is 5.26 Å². The summed E-state index contributed by atoms with van der Waals surface area (Å²) in [6.45, 7) is 2.33. The molecule has 114 valence electrons. The SMILES string of the molecule is CN(CCOc1cccc(C#N)c1)CC1CCCCC1O. The second kappa shape index (κ2) is 8.02. The summed E-state index contributed by atoms with van der Waals surface area (Å²) in [5.41, 5.74) is 0.617. The smallest absolute Gasteiger partial charge is 0.120 e. The van der Waals surface area contributed by atoms with Gasteiger partial charge in [-0.1, -0.05) is 18.9 Å². The van der Waals surface area contributed by atoms with Crippen LogP contribution in [-0.4, -0.2) is 42.9 Å². The maximum absolute atomic E-state index is 9.99. The molecule has 0 spiro atoms. The van der Waals surface area contributed by atoms with Gasteiger partial charge in [0.1, 0.15) is 12.4 Å². The summed E-state index contributed by atoms with van der Waals surface area (Å²) in [5, 5.41) is 18.8. The van der Waals surface area contributed by atoms with Gasteiger partial charge in [0.25, 0.3) is 0 Å². The molecule has 0 bridgehead atoms. The summed E-state index contributed by atoms with van der Waals surface area (Å²) in [6.07, 6.45) is 4.30. The summed E-state index contributed by atoms with van der Waals surface area (Å²) >= 11 is 0. The lowest BCUT2D eigenvalue weighted by atomic mass is 9.86. The summed E-state index contributed by atoms with van der Waals surface area (Å²) in [6, 6.07) is 9.33. The Labute approximate surface area is 127 Å². The van der Waals surface area contributed by atoms with E-state index in [9.17, 15) is 5.11 Å². The molecule has 2 unspecified atom stereocenters. The van der Waals surface area contributed by atoms with Crippen LogP contribution in [0.15, 0.2) is 24.3 Å². The maximum Gasteiger partial charge on any atom is 0.120 e. The van der Waals surface area contributed by atoms with Gasteiger partial charge in [-0.25, -0.2) is 0 Å². The van der Waals surface area contributed by atoms with Crippen LogP contribution in [0.3, 0.4) is 0 Å². The number of ether oxygens (including phenoxy) is 1. The molecule has 1 aromatic carbocycles. The largest absolute Gasteiger partial charge is 0.492 e. The molecule has 1 N–H and O–H groups in total. The number of hydrogen-bond acceptors (Lipinski definition) is 4. The van der Waals surface area contributed by atoms with Gasteiger partial charge in [-0.05, 0) is 44.0 Å². The van der Waals surface area contributed by atoms with E-state index in [0.717, 1.165) is 38.1 Å². The third-order valence-electron chi connectivity index (χ3n) is 4.12. The molecule has 1 aromatic rings. The van der Waals surface area contributed by atoms with Gasteiger partial charge in [0.15, 0.2) is 0 Å². The van der Waals surface area contributed by atoms with Gasteiger partial charge in [-0.2, -0.15) is 5.26 Å². The lowest BCUT2D eigenvalue weighted by Crippen LogP contribution is -2.36. The molecule has 2 atom stereocenters. The highest BCUT2D eigenvalue weighted by atomic mass is 16.5. The normalized spacial score (nSPS) is 22.0. The van der Waals surface area contributed by atoms with E-state index in [1.165, 1.54) is 6.42 Å². The molecule has 0 heterocycles. The van der Waals surface area contributed by atoms with Crippen LogP contribution in [0, 0.1) is 17.2 Å². The van der Waals surface area contributed by atoms with E-state index in [0.29, 0.717) is 18.1 Å². The van der Waals surface area contributed by atoms with Crippen molar-refractivity contribution in [3.05, 3.63) is 29.8 Å². The first-order valence-electron chi connectivity index (χ1n) is 7.68. The molecule has 0 aliphatic heterocycles. The number of aliphatic hydroxyl groups excluding tert-OH is 1. The van der Waals surface area contributed by atoms with Crippen molar-refractivity contribution in [2.24, 2.45) is 5.92 Å². The van der Waals surface area contributed by atoms with Crippen molar-refractivity contribution in [3.8, 4) is 11.8 Å². The molecule has 2 rings (SSSR count). The van der Waals surface area contributed by atoms with Crippen LogP contribution in [0.25, 0.3) is 0 Å². The van der Waals surface area contributed by atoms with Crippen LogP contribution in [0.4, 0.5) is 0 Å². The number of aliphatic hydroxyl groups is 1. The summed E-state index contributed by atoms with van der Waals surface area (Å²) < 4.78 is 5.68. The Morgan fingerprint density at radius 1 is 1.38 bits per heavy atom. The van der Waals surface area contributed by atoms with Crippen molar-refractivity contribution in [2.45, 2.75) is 31.8 Å². The predicted molar refractivity (Wildman–Crippen MR) is 82.1 cm³/mol. The van der Waals surface area contributed by atoms with Gasteiger partial charge in [0, 0.05) is 13.1 Å². The summed E-state index contributed by atoms with van der Waals surface area (Å²) in [7, 11) is 2.07. The van der Waals surface area contributed by atoms with Crippen molar-refractivity contribution < 1.29 is 9.84 Å². The average Bonchev–Trinajstić information content (AvgIpc) is 2.50. The standard InChI is InChI=1S/C17H24N2O2/c1-19(13-15-6-2-3-8-17(15)20)9-10-21-16-7-4-5-14(11-16)12-18/h4-5,7,11,15,17,20H,2-3,6,8-10,13H2,1H3. The second-order valence-electron chi connectivity index (χ2n) is 5.86. The van der Waals surface area contributed by atoms with Crippen molar-refractivity contribution in [2.75, 3.05) is 26.7 Å². The van der Waals surface area contributed by atoms with Crippen LogP contribution in [0.5, 0.6) is 5.75 Å². The van der Waals surface area contributed by atoms with E-state index < -0.39 is 0 Å². The molecule has 4 heteroatoms. The highest BCUT2D eigenvalue weighted by molar-refractivity contribution is 5.36. The predicted octanol–water partition coefficient (Wildman–Crippen LogP) is 2.42. The van der Waals surface area contributed by atoms with E-state index in [4.69, 9.17) is 10.00 Å². The molecule has 1 fully saturated rings. The monoisotopic (exact) mass is 288 g/mol. The zero-order valence-corrected chi connectivity index (χ0v) is 12.7. The number of likely N-dealkylation sites (N-methyl/N-ethyl adjacent to an activating group) is 1. The number of hydrogen-bond donors (Lipinski definition) is 1. The third-order valence-corrected chi connectivity index (χ3v) is 4.12. The lowest BCUT2D eigenvalue weighted by Gasteiger charge is -2.31. The van der Waals surface area contributed by atoms with Crippen LogP contribution in [0.1, 0.15) is 31.2 Å². The Morgan fingerprint density at radius 2 is 2.19 bits per heavy atom. The van der Waals surface area contributed by atoms with Crippen molar-refractivity contribution in [1.82, 2.24) is 4.90 Å². The average molecular weight is 288 g/mol. The Bertz CT molecular complexity index is 484. The van der Waals surface area contributed by atoms with Gasteiger partial charge in [0.2, 0.25) is 0 Å². The molecule has 1 saturated carbocycles. The number of nitriles is 1. The first-order valence-corrected chi connectivity index (χ1v) is 7.68. The lowest BCUT2D eigenvalue weighted by molar-refractivity contribution is 0.0492. The minimum absolute atomic E-state index is 0.144. The topological polar surface area (TPSA) is 56.5 Å². The van der Waals surface area contributed by atoms with Gasteiger partial charge in [-0.3, -0.25) is 0 Å². The van der Waals surface area contributed by atoms with E-state index in [1.807, 2.05) is 12.1 Å². The van der Waals surface area contributed by atoms with Crippen molar-refractivity contribution in [3.63, 3.8) is 0 Å². The van der Waals surface area contributed by atoms with E-state index in [1.54, 1.807) is 12.1 Å². The van der Waals surface area contributed by atoms with E-state index in [2.05, 4.69) is 18.0 Å². The Hall–Kier alpha value is -1.57. The van der Waals surface area contributed by atoms with Gasteiger partial charge in [0.05, 0.1) is 17.7 Å². The minimum atomic E-state index is -0.144. The summed E-state index contributed by atoms with van der Waals surface area (Å²) in [5.74, 6) is 1.13. The fraction of sp³-hybridized carbons (Fsp3) is 0.588. The quantitative estimate of drug-likeness (QED) is 0.873. The Morgan fingerprint density at radius 3 is 2.95 bits per heavy atom. The van der Waals surface area contributed by atoms with Crippen LogP contribution < -0.4 is 4.74 Å². The zero-order chi connectivity index (χ0) is 15.1. The molecular formula is C17H24N2O2. The van der Waals surface area contributed by atoms with Gasteiger partial charge >= 0.3 is 0 Å². The molecular weight excluding hydrogens is 264 g/mol. The molecule has 0 radical (unpaired) electrons. The van der Waals surface area contributed by atoms with Gasteiger partial charge in [-0.15, -0.1) is 0 Å². The fourth-order valence-corrected chi connectivity index (χ4v) is 2.87. The number of benzene rings is 1. The first kappa shape index (κ1) is 15.8. The zero-order valence-electron chi connectivity index (χ0n) is 12.7. The van der Waals surface area contributed by atoms with Crippen LogP contribution >= 0.6 is 0 Å². The molecule has 0 saturated heterocycles. The first-order chi connectivity index (χ1) is 10.2. The molecule has 21 heavy (non-hydrogen) atoms. The number of rotatable bonds is 6. The summed E-state index contributed by atoms with van der Waals surface area (Å²) in [4.78, 5) is 2.22. The third kappa shape index (κ3) is 5.04. The highest BCUT2D eigenvalue weighted by Gasteiger charge is 2.23. The van der Waals surface area contributed by atoms with E-state index in [-0.39, 0.29) is 6.10 Å². The van der Waals surface area contributed by atoms with Crippen LogP contribution in [0.2, 0.25) is 0 Å². The van der Waals surface area contributed by atoms with Gasteiger partial charge < -0.3 is 14.7 Å². The molecule has 0 aromatic heterocycles.